The molecule has 2 aliphatic rings. The number of benzene rings is 1. The normalized spacial score (nSPS) is 20.5. The molecule has 4 nitrogen and oxygen atoms in total. The van der Waals surface area contributed by atoms with Crippen molar-refractivity contribution in [3.05, 3.63) is 29.8 Å². The van der Waals surface area contributed by atoms with Crippen molar-refractivity contribution in [1.29, 1.82) is 0 Å². The lowest BCUT2D eigenvalue weighted by atomic mass is 9.88. The summed E-state index contributed by atoms with van der Waals surface area (Å²) in [6.07, 6.45) is 5.27. The van der Waals surface area contributed by atoms with Crippen LogP contribution < -0.4 is 10.1 Å². The molecule has 1 aromatic carbocycles. The van der Waals surface area contributed by atoms with Gasteiger partial charge in [0, 0.05) is 19.0 Å². The largest absolute Gasteiger partial charge is 0.496 e. The minimum Gasteiger partial charge on any atom is -0.496 e. The Bertz CT molecular complexity index is 518. The second kappa shape index (κ2) is 7.82. The molecule has 0 unspecified atom stereocenters. The summed E-state index contributed by atoms with van der Waals surface area (Å²) in [5.74, 6) is 2.29. The van der Waals surface area contributed by atoms with E-state index in [1.807, 2.05) is 12.1 Å². The molecule has 0 aliphatic carbocycles. The maximum atomic E-state index is 12.6. The predicted octanol–water partition coefficient (Wildman–Crippen LogP) is 2.48. The summed E-state index contributed by atoms with van der Waals surface area (Å²) < 4.78 is 5.46. The number of methoxy groups -OCH3 is 1. The lowest BCUT2D eigenvalue weighted by molar-refractivity contribution is -0.137. The maximum Gasteiger partial charge on any atom is 0.225 e. The predicted molar refractivity (Wildman–Crippen MR) is 91.6 cm³/mol. The van der Waals surface area contributed by atoms with E-state index in [1.54, 1.807) is 7.11 Å². The third-order valence-electron chi connectivity index (χ3n) is 5.32. The molecule has 2 aliphatic heterocycles. The number of likely N-dealkylation sites (tertiary alicyclic amines) is 1. The summed E-state index contributed by atoms with van der Waals surface area (Å²) in [6.45, 7) is 3.81. The first-order valence-electron chi connectivity index (χ1n) is 8.89. The fraction of sp³-hybridized carbons (Fsp3) is 0.632. The number of hydrogen-bond donors (Lipinski definition) is 1. The number of para-hydroxylation sites is 1. The van der Waals surface area contributed by atoms with Gasteiger partial charge in [-0.2, -0.15) is 0 Å². The number of carbonyl (C=O) groups is 1. The number of hydrogen-bond acceptors (Lipinski definition) is 3. The van der Waals surface area contributed by atoms with Gasteiger partial charge in [-0.25, -0.2) is 0 Å². The number of piperidine rings is 2. The van der Waals surface area contributed by atoms with Gasteiger partial charge >= 0.3 is 0 Å². The number of ether oxygens (including phenoxy) is 1. The number of nitrogens with zero attached hydrogens (tertiary/aromatic N) is 1. The van der Waals surface area contributed by atoms with E-state index in [4.69, 9.17) is 4.74 Å². The zero-order chi connectivity index (χ0) is 16.1. The quantitative estimate of drug-likeness (QED) is 0.928. The van der Waals surface area contributed by atoms with Crippen molar-refractivity contribution in [2.75, 3.05) is 33.3 Å². The van der Waals surface area contributed by atoms with Crippen LogP contribution in [-0.2, 0) is 11.2 Å². The van der Waals surface area contributed by atoms with Gasteiger partial charge in [-0.3, -0.25) is 4.79 Å². The van der Waals surface area contributed by atoms with Crippen molar-refractivity contribution in [3.8, 4) is 5.75 Å². The minimum atomic E-state index is 0.252. The molecule has 23 heavy (non-hydrogen) atoms. The third kappa shape index (κ3) is 4.05. The van der Waals surface area contributed by atoms with Crippen molar-refractivity contribution in [2.45, 2.75) is 32.1 Å². The van der Waals surface area contributed by atoms with Gasteiger partial charge in [-0.05, 0) is 62.7 Å². The van der Waals surface area contributed by atoms with Crippen LogP contribution in [0.2, 0.25) is 0 Å². The molecule has 126 valence electrons. The summed E-state index contributed by atoms with van der Waals surface area (Å²) in [6, 6.07) is 8.28. The third-order valence-corrected chi connectivity index (χ3v) is 5.32. The van der Waals surface area contributed by atoms with Gasteiger partial charge < -0.3 is 15.0 Å². The lowest BCUT2D eigenvalue weighted by Gasteiger charge is -2.35. The van der Waals surface area contributed by atoms with Crippen LogP contribution in [-0.4, -0.2) is 44.1 Å². The van der Waals surface area contributed by atoms with Crippen LogP contribution in [0.15, 0.2) is 24.3 Å². The molecule has 3 rings (SSSR count). The van der Waals surface area contributed by atoms with Gasteiger partial charge in [0.2, 0.25) is 5.91 Å². The van der Waals surface area contributed by atoms with E-state index in [0.717, 1.165) is 64.0 Å². The Morgan fingerprint density at radius 2 is 1.87 bits per heavy atom. The molecule has 0 bridgehead atoms. The average molecular weight is 316 g/mol. The Morgan fingerprint density at radius 1 is 1.17 bits per heavy atom. The summed E-state index contributed by atoms with van der Waals surface area (Å²) in [7, 11) is 1.74. The molecule has 2 heterocycles. The number of carbonyl (C=O) groups excluding carboxylic acids is 1. The van der Waals surface area contributed by atoms with Gasteiger partial charge in [0.1, 0.15) is 5.75 Å². The Labute approximate surface area is 139 Å². The SMILES string of the molecule is COc1ccccc1CC1CCN(C(=O)C2CCNCC2)CC1. The van der Waals surface area contributed by atoms with Crippen LogP contribution in [0.3, 0.4) is 0 Å². The molecule has 0 radical (unpaired) electrons. The number of nitrogens with one attached hydrogen (secondary N) is 1. The average Bonchev–Trinajstić information content (AvgIpc) is 2.63. The standard InChI is InChI=1S/C19H28N2O2/c1-23-18-5-3-2-4-17(18)14-15-8-12-21(13-9-15)19(22)16-6-10-20-11-7-16/h2-5,15-16,20H,6-14H2,1H3. The smallest absolute Gasteiger partial charge is 0.225 e. The Hall–Kier alpha value is -1.55. The summed E-state index contributed by atoms with van der Waals surface area (Å²) in [5.41, 5.74) is 1.29. The highest BCUT2D eigenvalue weighted by Gasteiger charge is 2.29. The van der Waals surface area contributed by atoms with Crippen LogP contribution in [0.1, 0.15) is 31.2 Å². The highest BCUT2D eigenvalue weighted by atomic mass is 16.5. The fourth-order valence-electron chi connectivity index (χ4n) is 3.87. The highest BCUT2D eigenvalue weighted by Crippen LogP contribution is 2.27. The zero-order valence-corrected chi connectivity index (χ0v) is 14.1. The van der Waals surface area contributed by atoms with E-state index in [1.165, 1.54) is 5.56 Å². The first kappa shape index (κ1) is 16.3. The van der Waals surface area contributed by atoms with Crippen molar-refractivity contribution in [2.24, 2.45) is 11.8 Å². The minimum absolute atomic E-state index is 0.252. The fourth-order valence-corrected chi connectivity index (χ4v) is 3.87. The van der Waals surface area contributed by atoms with Crippen molar-refractivity contribution in [1.82, 2.24) is 10.2 Å². The van der Waals surface area contributed by atoms with Crippen molar-refractivity contribution in [3.63, 3.8) is 0 Å². The molecule has 0 aromatic heterocycles. The van der Waals surface area contributed by atoms with E-state index in [0.29, 0.717) is 11.8 Å². The first-order chi connectivity index (χ1) is 11.3. The zero-order valence-electron chi connectivity index (χ0n) is 14.1. The molecule has 0 atom stereocenters. The summed E-state index contributed by atoms with van der Waals surface area (Å²) in [4.78, 5) is 14.7. The molecule has 1 aromatic rings. The van der Waals surface area contributed by atoms with Crippen LogP contribution in [0, 0.1) is 11.8 Å². The van der Waals surface area contributed by atoms with E-state index >= 15 is 0 Å². The van der Waals surface area contributed by atoms with Crippen molar-refractivity contribution < 1.29 is 9.53 Å². The summed E-state index contributed by atoms with van der Waals surface area (Å²) >= 11 is 0. The highest BCUT2D eigenvalue weighted by molar-refractivity contribution is 5.79. The Morgan fingerprint density at radius 3 is 2.57 bits per heavy atom. The van der Waals surface area contributed by atoms with E-state index in [9.17, 15) is 4.79 Å². The topological polar surface area (TPSA) is 41.6 Å². The van der Waals surface area contributed by atoms with Gasteiger partial charge in [0.15, 0.2) is 0 Å². The molecule has 1 N–H and O–H groups in total. The molecule has 0 saturated carbocycles. The Balaban J connectivity index is 1.51. The maximum absolute atomic E-state index is 12.6. The Kier molecular flexibility index (Phi) is 5.55. The lowest BCUT2D eigenvalue weighted by Crippen LogP contribution is -2.44. The molecular formula is C19H28N2O2. The van der Waals surface area contributed by atoms with E-state index in [2.05, 4.69) is 22.3 Å². The van der Waals surface area contributed by atoms with Crippen LogP contribution >= 0.6 is 0 Å². The first-order valence-corrected chi connectivity index (χ1v) is 8.89. The summed E-state index contributed by atoms with van der Waals surface area (Å²) in [5, 5.41) is 3.34. The number of rotatable bonds is 4. The second-order valence-corrected chi connectivity index (χ2v) is 6.81. The van der Waals surface area contributed by atoms with Gasteiger partial charge in [-0.15, -0.1) is 0 Å². The molecule has 2 saturated heterocycles. The van der Waals surface area contributed by atoms with Crippen molar-refractivity contribution >= 4 is 5.91 Å². The molecule has 1 amide bonds. The van der Waals surface area contributed by atoms with Crippen LogP contribution in [0.5, 0.6) is 5.75 Å². The van der Waals surface area contributed by atoms with E-state index < -0.39 is 0 Å². The van der Waals surface area contributed by atoms with Crippen LogP contribution in [0.4, 0.5) is 0 Å². The van der Waals surface area contributed by atoms with Gasteiger partial charge in [0.05, 0.1) is 7.11 Å². The molecular weight excluding hydrogens is 288 g/mol. The van der Waals surface area contributed by atoms with Crippen LogP contribution in [0.25, 0.3) is 0 Å². The monoisotopic (exact) mass is 316 g/mol. The molecule has 2 fully saturated rings. The van der Waals surface area contributed by atoms with Gasteiger partial charge in [0.25, 0.3) is 0 Å². The number of amides is 1. The molecule has 0 spiro atoms. The molecule has 4 heteroatoms. The van der Waals surface area contributed by atoms with Gasteiger partial charge in [-0.1, -0.05) is 18.2 Å². The van der Waals surface area contributed by atoms with E-state index in [-0.39, 0.29) is 5.92 Å². The second-order valence-electron chi connectivity index (χ2n) is 6.81.